The third kappa shape index (κ3) is 2.39. The monoisotopic (exact) mass is 227 g/mol. The Labute approximate surface area is 91.8 Å². The van der Waals surface area contributed by atoms with Gasteiger partial charge in [-0.05, 0) is 24.4 Å². The Morgan fingerprint density at radius 3 is 2.93 bits per heavy atom. The zero-order chi connectivity index (χ0) is 10.7. The molecule has 0 amide bonds. The fraction of sp³-hybridized carbons (Fsp3) is 0.667. The predicted molar refractivity (Wildman–Crippen MR) is 55.6 cm³/mol. The first-order valence-corrected chi connectivity index (χ1v) is 5.70. The van der Waals surface area contributed by atoms with E-state index in [4.69, 9.17) is 10.5 Å². The normalized spacial score (nSPS) is 20.1. The first-order valence-electron chi connectivity index (χ1n) is 4.86. The van der Waals surface area contributed by atoms with Gasteiger partial charge in [0.05, 0.1) is 17.7 Å². The van der Waals surface area contributed by atoms with Crippen molar-refractivity contribution in [1.29, 1.82) is 0 Å². The largest absolute Gasteiger partial charge is 0.381 e. The third-order valence-corrected chi connectivity index (χ3v) is 3.24. The van der Waals surface area contributed by atoms with E-state index in [0.29, 0.717) is 31.7 Å². The molecule has 0 spiro atoms. The Kier molecular flexibility index (Phi) is 3.08. The topological polar surface area (TPSA) is 78.1 Å². The van der Waals surface area contributed by atoms with Crippen LogP contribution in [0.2, 0.25) is 0 Å². The molecule has 2 heterocycles. The Hall–Kier alpha value is -0.850. The Morgan fingerprint density at radius 1 is 1.60 bits per heavy atom. The summed E-state index contributed by atoms with van der Waals surface area (Å²) in [5.41, 5.74) is 6.03. The molecule has 0 bridgehead atoms. The summed E-state index contributed by atoms with van der Waals surface area (Å²) in [6.45, 7) is 1.13. The summed E-state index contributed by atoms with van der Waals surface area (Å²) >= 11 is 1.25. The second kappa shape index (κ2) is 4.34. The van der Waals surface area contributed by atoms with Crippen molar-refractivity contribution < 1.29 is 9.53 Å². The van der Waals surface area contributed by atoms with Gasteiger partial charge in [0.2, 0.25) is 0 Å². The van der Waals surface area contributed by atoms with E-state index in [9.17, 15) is 4.79 Å². The Bertz CT molecular complexity index is 333. The zero-order valence-corrected chi connectivity index (χ0v) is 9.13. The predicted octanol–water partition coefficient (Wildman–Crippen LogP) is 0.158. The number of ketones is 1. The molecule has 1 aliphatic rings. The first-order chi connectivity index (χ1) is 7.21. The number of nitrogens with zero attached hydrogens (tertiary/aromatic N) is 2. The van der Waals surface area contributed by atoms with E-state index < -0.39 is 5.54 Å². The molecule has 1 aliphatic heterocycles. The molecular formula is C9H13N3O2S. The number of hydrogen-bond acceptors (Lipinski definition) is 6. The van der Waals surface area contributed by atoms with Crippen LogP contribution in [0.3, 0.4) is 0 Å². The molecule has 82 valence electrons. The highest BCUT2D eigenvalue weighted by Gasteiger charge is 2.35. The number of aromatic nitrogens is 2. The summed E-state index contributed by atoms with van der Waals surface area (Å²) in [6.07, 6.45) is 1.49. The molecule has 1 aromatic heterocycles. The lowest BCUT2D eigenvalue weighted by Gasteiger charge is -2.31. The second-order valence-corrected chi connectivity index (χ2v) is 4.37. The van der Waals surface area contributed by atoms with E-state index in [-0.39, 0.29) is 12.2 Å². The summed E-state index contributed by atoms with van der Waals surface area (Å²) in [6, 6.07) is 0. The highest BCUT2D eigenvalue weighted by molar-refractivity contribution is 7.03. The van der Waals surface area contributed by atoms with E-state index in [0.717, 1.165) is 0 Å². The minimum atomic E-state index is -0.720. The molecule has 5 nitrogen and oxygen atoms in total. The maximum Gasteiger partial charge on any atom is 0.158 e. The number of carbonyl (C=O) groups is 1. The van der Waals surface area contributed by atoms with E-state index in [2.05, 4.69) is 9.59 Å². The van der Waals surface area contributed by atoms with Gasteiger partial charge in [-0.25, -0.2) is 0 Å². The van der Waals surface area contributed by atoms with Crippen molar-refractivity contribution >= 4 is 17.3 Å². The van der Waals surface area contributed by atoms with Crippen molar-refractivity contribution in [1.82, 2.24) is 9.59 Å². The minimum Gasteiger partial charge on any atom is -0.381 e. The molecule has 2 N–H and O–H groups in total. The van der Waals surface area contributed by atoms with Gasteiger partial charge in [0.1, 0.15) is 0 Å². The van der Waals surface area contributed by atoms with Gasteiger partial charge in [0, 0.05) is 18.6 Å². The molecule has 0 saturated carbocycles. The van der Waals surface area contributed by atoms with Gasteiger partial charge in [-0.1, -0.05) is 4.49 Å². The van der Waals surface area contributed by atoms with Crippen molar-refractivity contribution in [3.05, 3.63) is 11.1 Å². The van der Waals surface area contributed by atoms with Gasteiger partial charge in [0.25, 0.3) is 0 Å². The third-order valence-electron chi connectivity index (χ3n) is 2.69. The lowest BCUT2D eigenvalue weighted by molar-refractivity contribution is -0.126. The van der Waals surface area contributed by atoms with Crippen molar-refractivity contribution in [3.63, 3.8) is 0 Å². The van der Waals surface area contributed by atoms with Crippen molar-refractivity contribution in [2.45, 2.75) is 24.8 Å². The molecular weight excluding hydrogens is 214 g/mol. The van der Waals surface area contributed by atoms with Crippen LogP contribution < -0.4 is 5.73 Å². The number of ether oxygens (including phenoxy) is 1. The van der Waals surface area contributed by atoms with E-state index in [1.54, 1.807) is 5.38 Å². The van der Waals surface area contributed by atoms with E-state index in [1.165, 1.54) is 11.5 Å². The van der Waals surface area contributed by atoms with Crippen molar-refractivity contribution in [2.75, 3.05) is 13.2 Å². The summed E-state index contributed by atoms with van der Waals surface area (Å²) in [5, 5.41) is 5.62. The molecule has 2 rings (SSSR count). The Morgan fingerprint density at radius 2 is 2.33 bits per heavy atom. The quantitative estimate of drug-likeness (QED) is 0.795. The minimum absolute atomic E-state index is 0.0403. The van der Waals surface area contributed by atoms with Crippen LogP contribution in [0.1, 0.15) is 18.5 Å². The van der Waals surface area contributed by atoms with Gasteiger partial charge in [-0.3, -0.25) is 4.79 Å². The van der Waals surface area contributed by atoms with Gasteiger partial charge < -0.3 is 10.5 Å². The van der Waals surface area contributed by atoms with Crippen LogP contribution in [0.25, 0.3) is 0 Å². The molecule has 1 fully saturated rings. The van der Waals surface area contributed by atoms with Crippen molar-refractivity contribution in [3.8, 4) is 0 Å². The van der Waals surface area contributed by atoms with Crippen LogP contribution in [-0.2, 0) is 16.0 Å². The van der Waals surface area contributed by atoms with Crippen LogP contribution in [0, 0.1) is 0 Å². The maximum atomic E-state index is 11.9. The lowest BCUT2D eigenvalue weighted by Crippen LogP contribution is -2.52. The number of rotatable bonds is 3. The summed E-state index contributed by atoms with van der Waals surface area (Å²) < 4.78 is 8.91. The smallest absolute Gasteiger partial charge is 0.158 e. The molecule has 0 unspecified atom stereocenters. The van der Waals surface area contributed by atoms with Crippen LogP contribution in [0.4, 0.5) is 0 Å². The Balaban J connectivity index is 2.00. The molecule has 0 atom stereocenters. The average molecular weight is 227 g/mol. The van der Waals surface area contributed by atoms with Crippen LogP contribution in [-0.4, -0.2) is 34.1 Å². The van der Waals surface area contributed by atoms with Crippen LogP contribution >= 0.6 is 11.5 Å². The van der Waals surface area contributed by atoms with Gasteiger partial charge >= 0.3 is 0 Å². The zero-order valence-electron chi connectivity index (χ0n) is 8.31. The second-order valence-electron chi connectivity index (χ2n) is 3.76. The lowest BCUT2D eigenvalue weighted by atomic mass is 9.85. The summed E-state index contributed by atoms with van der Waals surface area (Å²) in [4.78, 5) is 11.9. The van der Waals surface area contributed by atoms with Crippen LogP contribution in [0.15, 0.2) is 5.38 Å². The highest BCUT2D eigenvalue weighted by atomic mass is 32.1. The molecule has 1 saturated heterocycles. The molecule has 0 aromatic carbocycles. The molecule has 15 heavy (non-hydrogen) atoms. The maximum absolute atomic E-state index is 11.9. The summed E-state index contributed by atoms with van der Waals surface area (Å²) in [5.74, 6) is 0.0403. The number of nitrogens with two attached hydrogens (primary N) is 1. The SMILES string of the molecule is NC1(C(=O)Cc2csnn2)CCOCC1. The number of Topliss-reactive ketones (excluding diaryl/α,β-unsaturated/α-hetero) is 1. The first kappa shape index (κ1) is 10.7. The van der Waals surface area contributed by atoms with Gasteiger partial charge in [-0.15, -0.1) is 5.10 Å². The molecule has 1 aromatic rings. The van der Waals surface area contributed by atoms with Gasteiger partial charge in [0.15, 0.2) is 5.78 Å². The fourth-order valence-electron chi connectivity index (χ4n) is 1.62. The highest BCUT2D eigenvalue weighted by Crippen LogP contribution is 2.20. The fourth-order valence-corrected chi connectivity index (χ4v) is 2.07. The average Bonchev–Trinajstić information content (AvgIpc) is 2.71. The summed E-state index contributed by atoms with van der Waals surface area (Å²) in [7, 11) is 0. The van der Waals surface area contributed by atoms with Crippen LogP contribution in [0.5, 0.6) is 0 Å². The van der Waals surface area contributed by atoms with Gasteiger partial charge in [-0.2, -0.15) is 0 Å². The van der Waals surface area contributed by atoms with E-state index in [1.807, 2.05) is 0 Å². The standard InChI is InChI=1S/C9H13N3O2S/c10-9(1-3-14-4-2-9)8(13)5-7-6-15-12-11-7/h6H,1-5,10H2. The van der Waals surface area contributed by atoms with E-state index >= 15 is 0 Å². The molecule has 0 aliphatic carbocycles. The number of carbonyl (C=O) groups excluding carboxylic acids is 1. The number of hydrogen-bond donors (Lipinski definition) is 1. The molecule has 6 heteroatoms. The van der Waals surface area contributed by atoms with Crippen molar-refractivity contribution in [2.24, 2.45) is 5.73 Å². The molecule has 0 radical (unpaired) electrons.